The van der Waals surface area contributed by atoms with Gasteiger partial charge in [0.1, 0.15) is 12.0 Å². The number of fused-ring (bicyclic) bond motifs is 1. The minimum absolute atomic E-state index is 0.809. The highest BCUT2D eigenvalue weighted by atomic mass is 32.1. The molecule has 3 heteroatoms. The summed E-state index contributed by atoms with van der Waals surface area (Å²) in [7, 11) is 0. The number of thiophene rings is 1. The summed E-state index contributed by atoms with van der Waals surface area (Å²) in [5.41, 5.74) is 0. The highest BCUT2D eigenvalue weighted by Gasteiger charge is 2.19. The molecule has 0 fully saturated rings. The molecule has 2 heterocycles. The summed E-state index contributed by atoms with van der Waals surface area (Å²) in [5.74, 6) is 2.57. The third-order valence-corrected chi connectivity index (χ3v) is 2.74. The fourth-order valence-corrected chi connectivity index (χ4v) is 2.14. The minimum Gasteiger partial charge on any atom is -0.456 e. The van der Waals surface area contributed by atoms with Crippen molar-refractivity contribution in [2.45, 2.75) is 20.8 Å². The summed E-state index contributed by atoms with van der Waals surface area (Å²) in [5, 5.41) is 0. The van der Waals surface area contributed by atoms with Gasteiger partial charge in [-0.2, -0.15) is 0 Å². The molecular weight excluding hydrogens is 172 g/mol. The summed E-state index contributed by atoms with van der Waals surface area (Å²) in [6, 6.07) is 0. The first-order chi connectivity index (χ1) is 5.68. The third-order valence-electron chi connectivity index (χ3n) is 1.76. The summed E-state index contributed by atoms with van der Waals surface area (Å²) < 4.78 is 10.9. The van der Waals surface area contributed by atoms with E-state index in [0.29, 0.717) is 0 Å². The molecule has 1 aliphatic heterocycles. The van der Waals surface area contributed by atoms with Crippen molar-refractivity contribution in [3.8, 4) is 11.5 Å². The standard InChI is InChI=1S/C9H10O2S/c1-5-4-10-8-6(2)12-7(3)9(8)11-5/h4H,1-3H3. The van der Waals surface area contributed by atoms with Crippen LogP contribution in [0.25, 0.3) is 0 Å². The molecule has 0 aliphatic carbocycles. The third kappa shape index (κ3) is 1.01. The molecule has 64 valence electrons. The highest BCUT2D eigenvalue weighted by Crippen LogP contribution is 2.44. The Morgan fingerprint density at radius 3 is 2.50 bits per heavy atom. The first-order valence-electron chi connectivity index (χ1n) is 3.79. The minimum atomic E-state index is 0.809. The second-order valence-corrected chi connectivity index (χ2v) is 4.25. The number of rotatable bonds is 0. The van der Waals surface area contributed by atoms with Gasteiger partial charge in [0.25, 0.3) is 0 Å². The lowest BCUT2D eigenvalue weighted by atomic mass is 10.3. The molecule has 1 aromatic heterocycles. The van der Waals surface area contributed by atoms with Crippen molar-refractivity contribution in [2.75, 3.05) is 0 Å². The van der Waals surface area contributed by atoms with Crippen LogP contribution in [0.1, 0.15) is 16.7 Å². The van der Waals surface area contributed by atoms with Crippen molar-refractivity contribution in [1.29, 1.82) is 0 Å². The molecular formula is C9H10O2S. The molecule has 0 bridgehead atoms. The van der Waals surface area contributed by atoms with E-state index in [-0.39, 0.29) is 0 Å². The molecule has 12 heavy (non-hydrogen) atoms. The van der Waals surface area contributed by atoms with Crippen LogP contribution in [-0.4, -0.2) is 0 Å². The summed E-state index contributed by atoms with van der Waals surface area (Å²) in [4.78, 5) is 2.35. The Balaban J connectivity index is 2.51. The number of hydrogen-bond acceptors (Lipinski definition) is 3. The maximum atomic E-state index is 5.53. The Morgan fingerprint density at radius 1 is 1.08 bits per heavy atom. The maximum Gasteiger partial charge on any atom is 0.183 e. The predicted octanol–water partition coefficient (Wildman–Crippen LogP) is 3.00. The van der Waals surface area contributed by atoms with Crippen molar-refractivity contribution in [3.63, 3.8) is 0 Å². The molecule has 2 rings (SSSR count). The van der Waals surface area contributed by atoms with Gasteiger partial charge in [0.15, 0.2) is 11.5 Å². The number of aryl methyl sites for hydroxylation is 2. The SMILES string of the molecule is CC1=COc2c(C)sc(C)c2O1. The van der Waals surface area contributed by atoms with Crippen molar-refractivity contribution in [3.05, 3.63) is 21.8 Å². The lowest BCUT2D eigenvalue weighted by molar-refractivity contribution is 0.327. The Kier molecular flexibility index (Phi) is 1.61. The topological polar surface area (TPSA) is 18.5 Å². The van der Waals surface area contributed by atoms with Gasteiger partial charge >= 0.3 is 0 Å². The van der Waals surface area contributed by atoms with E-state index in [1.54, 1.807) is 17.6 Å². The van der Waals surface area contributed by atoms with Gasteiger partial charge in [-0.15, -0.1) is 11.3 Å². The molecule has 0 N–H and O–H groups in total. The average molecular weight is 182 g/mol. The van der Waals surface area contributed by atoms with Crippen LogP contribution in [0.3, 0.4) is 0 Å². The zero-order valence-electron chi connectivity index (χ0n) is 7.30. The molecule has 2 nitrogen and oxygen atoms in total. The van der Waals surface area contributed by atoms with Crippen LogP contribution in [0.5, 0.6) is 11.5 Å². The molecule has 0 radical (unpaired) electrons. The van der Waals surface area contributed by atoms with Gasteiger partial charge in [-0.3, -0.25) is 0 Å². The van der Waals surface area contributed by atoms with Gasteiger partial charge < -0.3 is 9.47 Å². The number of hydrogen-bond donors (Lipinski definition) is 0. The lowest BCUT2D eigenvalue weighted by Crippen LogP contribution is -2.01. The van der Waals surface area contributed by atoms with E-state index < -0.39 is 0 Å². The van der Waals surface area contributed by atoms with E-state index >= 15 is 0 Å². The average Bonchev–Trinajstić information content (AvgIpc) is 2.28. The summed E-state index contributed by atoms with van der Waals surface area (Å²) in [6.45, 7) is 5.96. The monoisotopic (exact) mass is 182 g/mol. The molecule has 0 amide bonds. The van der Waals surface area contributed by atoms with E-state index in [0.717, 1.165) is 17.3 Å². The van der Waals surface area contributed by atoms with Crippen LogP contribution in [0.2, 0.25) is 0 Å². The first kappa shape index (κ1) is 7.68. The molecule has 0 atom stereocenters. The summed E-state index contributed by atoms with van der Waals surface area (Å²) in [6.07, 6.45) is 1.64. The highest BCUT2D eigenvalue weighted by molar-refractivity contribution is 7.12. The van der Waals surface area contributed by atoms with E-state index in [2.05, 4.69) is 0 Å². The maximum absolute atomic E-state index is 5.53. The predicted molar refractivity (Wildman–Crippen MR) is 48.8 cm³/mol. The second kappa shape index (κ2) is 2.52. The normalized spacial score (nSPS) is 14.4. The Bertz CT molecular complexity index is 350. The number of ether oxygens (including phenoxy) is 2. The fourth-order valence-electron chi connectivity index (χ4n) is 1.22. The van der Waals surface area contributed by atoms with Crippen LogP contribution >= 0.6 is 11.3 Å². The van der Waals surface area contributed by atoms with Crippen LogP contribution in [0.4, 0.5) is 0 Å². The Hall–Kier alpha value is -0.960. The molecule has 0 spiro atoms. The van der Waals surface area contributed by atoms with Gasteiger partial charge in [0.05, 0.1) is 0 Å². The Labute approximate surface area is 75.4 Å². The van der Waals surface area contributed by atoms with Gasteiger partial charge in [-0.05, 0) is 20.8 Å². The van der Waals surface area contributed by atoms with Crippen LogP contribution in [0.15, 0.2) is 12.0 Å². The first-order valence-corrected chi connectivity index (χ1v) is 4.61. The fraction of sp³-hybridized carbons (Fsp3) is 0.333. The molecule has 0 saturated carbocycles. The van der Waals surface area contributed by atoms with Crippen LogP contribution in [0, 0.1) is 13.8 Å². The second-order valence-electron chi connectivity index (χ2n) is 2.82. The van der Waals surface area contributed by atoms with Crippen molar-refractivity contribution in [1.82, 2.24) is 0 Å². The van der Waals surface area contributed by atoms with Crippen molar-refractivity contribution in [2.24, 2.45) is 0 Å². The molecule has 0 saturated heterocycles. The van der Waals surface area contributed by atoms with Crippen LogP contribution < -0.4 is 9.47 Å². The van der Waals surface area contributed by atoms with E-state index in [1.165, 1.54) is 9.75 Å². The van der Waals surface area contributed by atoms with Crippen molar-refractivity contribution >= 4 is 11.3 Å². The zero-order valence-corrected chi connectivity index (χ0v) is 8.12. The van der Waals surface area contributed by atoms with E-state index in [9.17, 15) is 0 Å². The van der Waals surface area contributed by atoms with E-state index in [1.807, 2.05) is 20.8 Å². The summed E-state index contributed by atoms with van der Waals surface area (Å²) >= 11 is 1.70. The molecule has 1 aromatic rings. The van der Waals surface area contributed by atoms with Crippen molar-refractivity contribution < 1.29 is 9.47 Å². The van der Waals surface area contributed by atoms with Gasteiger partial charge in [-0.1, -0.05) is 0 Å². The van der Waals surface area contributed by atoms with Gasteiger partial charge in [0.2, 0.25) is 0 Å². The van der Waals surface area contributed by atoms with Gasteiger partial charge in [-0.25, -0.2) is 0 Å². The lowest BCUT2D eigenvalue weighted by Gasteiger charge is -2.13. The Morgan fingerprint density at radius 2 is 1.75 bits per heavy atom. The molecule has 0 aromatic carbocycles. The van der Waals surface area contributed by atoms with Gasteiger partial charge in [0, 0.05) is 9.75 Å². The zero-order chi connectivity index (χ0) is 8.72. The van der Waals surface area contributed by atoms with E-state index in [4.69, 9.17) is 9.47 Å². The molecule has 1 aliphatic rings. The van der Waals surface area contributed by atoms with Crippen LogP contribution in [-0.2, 0) is 0 Å². The number of allylic oxidation sites excluding steroid dienone is 1. The smallest absolute Gasteiger partial charge is 0.183 e. The molecule has 0 unspecified atom stereocenters. The quantitative estimate of drug-likeness (QED) is 0.614. The largest absolute Gasteiger partial charge is 0.456 e.